The van der Waals surface area contributed by atoms with Gasteiger partial charge in [-0.15, -0.1) is 0 Å². The Kier molecular flexibility index (Phi) is 4.86. The minimum atomic E-state index is -0.599. The van der Waals surface area contributed by atoms with Gasteiger partial charge in [0, 0.05) is 25.2 Å². The fourth-order valence-electron chi connectivity index (χ4n) is 2.17. The molecule has 2 N–H and O–H groups in total. The standard InChI is InChI=1S/C14H20ClN3O2/c1-9(7-12(19)13-5-4-6-20-13)16-8-11-10(2)17-18(3)14(11)15/h4-6,9,12,16,19H,7-8H2,1-3H3. The van der Waals surface area contributed by atoms with E-state index >= 15 is 0 Å². The molecular weight excluding hydrogens is 278 g/mol. The number of aromatic nitrogens is 2. The van der Waals surface area contributed by atoms with E-state index in [9.17, 15) is 5.11 Å². The molecule has 5 nitrogen and oxygen atoms in total. The maximum absolute atomic E-state index is 10.0. The van der Waals surface area contributed by atoms with Gasteiger partial charge in [-0.2, -0.15) is 5.10 Å². The molecule has 0 fully saturated rings. The lowest BCUT2D eigenvalue weighted by molar-refractivity contribution is 0.128. The molecule has 2 aromatic heterocycles. The second kappa shape index (κ2) is 6.43. The molecule has 2 rings (SSSR count). The molecule has 2 heterocycles. The second-order valence-corrected chi connectivity index (χ2v) is 5.39. The summed E-state index contributed by atoms with van der Waals surface area (Å²) in [4.78, 5) is 0. The molecular formula is C14H20ClN3O2. The molecule has 0 spiro atoms. The van der Waals surface area contributed by atoms with E-state index in [0.717, 1.165) is 11.3 Å². The Balaban J connectivity index is 1.87. The quantitative estimate of drug-likeness (QED) is 0.860. The van der Waals surface area contributed by atoms with Crippen LogP contribution >= 0.6 is 11.6 Å². The highest BCUT2D eigenvalue weighted by atomic mass is 35.5. The van der Waals surface area contributed by atoms with Gasteiger partial charge in [-0.3, -0.25) is 4.68 Å². The number of halogens is 1. The van der Waals surface area contributed by atoms with E-state index in [1.807, 2.05) is 20.9 Å². The first-order valence-corrected chi connectivity index (χ1v) is 6.99. The van der Waals surface area contributed by atoms with Crippen molar-refractivity contribution in [2.24, 2.45) is 7.05 Å². The molecule has 0 saturated carbocycles. The monoisotopic (exact) mass is 297 g/mol. The van der Waals surface area contributed by atoms with Crippen LogP contribution in [0.15, 0.2) is 22.8 Å². The first-order chi connectivity index (χ1) is 9.49. The predicted molar refractivity (Wildman–Crippen MR) is 77.5 cm³/mol. The lowest BCUT2D eigenvalue weighted by Crippen LogP contribution is -2.27. The fraction of sp³-hybridized carbons (Fsp3) is 0.500. The molecule has 6 heteroatoms. The maximum Gasteiger partial charge on any atom is 0.132 e. The van der Waals surface area contributed by atoms with Crippen LogP contribution in [-0.2, 0) is 13.6 Å². The number of hydrogen-bond acceptors (Lipinski definition) is 4. The van der Waals surface area contributed by atoms with Gasteiger partial charge >= 0.3 is 0 Å². The molecule has 0 aromatic carbocycles. The van der Waals surface area contributed by atoms with Crippen LogP contribution in [0.2, 0.25) is 5.15 Å². The number of aliphatic hydroxyl groups is 1. The Morgan fingerprint density at radius 1 is 1.55 bits per heavy atom. The van der Waals surface area contributed by atoms with Gasteiger partial charge in [-0.1, -0.05) is 11.6 Å². The molecule has 2 aromatic rings. The normalized spacial score (nSPS) is 14.4. The topological polar surface area (TPSA) is 63.2 Å². The van der Waals surface area contributed by atoms with Crippen molar-refractivity contribution in [3.8, 4) is 0 Å². The Morgan fingerprint density at radius 3 is 2.85 bits per heavy atom. The largest absolute Gasteiger partial charge is 0.467 e. The van der Waals surface area contributed by atoms with Crippen molar-refractivity contribution < 1.29 is 9.52 Å². The third kappa shape index (κ3) is 3.42. The van der Waals surface area contributed by atoms with Gasteiger partial charge in [0.05, 0.1) is 12.0 Å². The number of aryl methyl sites for hydroxylation is 2. The molecule has 2 unspecified atom stereocenters. The van der Waals surface area contributed by atoms with Crippen LogP contribution in [0.1, 0.15) is 36.5 Å². The highest BCUT2D eigenvalue weighted by molar-refractivity contribution is 6.30. The molecule has 110 valence electrons. The SMILES string of the molecule is Cc1nn(C)c(Cl)c1CNC(C)CC(O)c1ccco1. The average molecular weight is 298 g/mol. The van der Waals surface area contributed by atoms with Crippen LogP contribution < -0.4 is 5.32 Å². The van der Waals surface area contributed by atoms with Crippen LogP contribution in [-0.4, -0.2) is 20.9 Å². The van der Waals surface area contributed by atoms with E-state index in [-0.39, 0.29) is 6.04 Å². The van der Waals surface area contributed by atoms with Gasteiger partial charge in [-0.05, 0) is 32.4 Å². The van der Waals surface area contributed by atoms with Crippen molar-refractivity contribution in [3.05, 3.63) is 40.6 Å². The number of nitrogens with zero attached hydrogens (tertiary/aromatic N) is 2. The van der Waals surface area contributed by atoms with Crippen LogP contribution in [0, 0.1) is 6.92 Å². The van der Waals surface area contributed by atoms with E-state index in [4.69, 9.17) is 16.0 Å². The number of hydrogen-bond donors (Lipinski definition) is 2. The lowest BCUT2D eigenvalue weighted by atomic mass is 10.1. The minimum absolute atomic E-state index is 0.130. The highest BCUT2D eigenvalue weighted by Crippen LogP contribution is 2.21. The predicted octanol–water partition coefficient (Wildman–Crippen LogP) is 2.58. The molecule has 0 bridgehead atoms. The zero-order chi connectivity index (χ0) is 14.7. The van der Waals surface area contributed by atoms with Crippen molar-refractivity contribution in [2.75, 3.05) is 0 Å². The van der Waals surface area contributed by atoms with Crippen molar-refractivity contribution in [3.63, 3.8) is 0 Å². The van der Waals surface area contributed by atoms with E-state index in [1.165, 1.54) is 0 Å². The summed E-state index contributed by atoms with van der Waals surface area (Å²) in [6.45, 7) is 4.58. The van der Waals surface area contributed by atoms with Gasteiger partial charge in [-0.25, -0.2) is 0 Å². The summed E-state index contributed by atoms with van der Waals surface area (Å²) in [7, 11) is 1.82. The lowest BCUT2D eigenvalue weighted by Gasteiger charge is -2.16. The summed E-state index contributed by atoms with van der Waals surface area (Å²) in [5.74, 6) is 0.592. The van der Waals surface area contributed by atoms with Gasteiger partial charge in [0.25, 0.3) is 0 Å². The zero-order valence-corrected chi connectivity index (χ0v) is 12.7. The molecule has 0 saturated heterocycles. The molecule has 0 radical (unpaired) electrons. The first kappa shape index (κ1) is 15.1. The van der Waals surface area contributed by atoms with Crippen LogP contribution in [0.4, 0.5) is 0 Å². The summed E-state index contributed by atoms with van der Waals surface area (Å²) in [6.07, 6.45) is 1.54. The molecule has 0 amide bonds. The average Bonchev–Trinajstić information content (AvgIpc) is 2.98. The van der Waals surface area contributed by atoms with Crippen molar-refractivity contribution >= 4 is 11.6 Å². The Labute approximate surface area is 123 Å². The third-order valence-electron chi connectivity index (χ3n) is 3.35. The van der Waals surface area contributed by atoms with Crippen molar-refractivity contribution in [1.82, 2.24) is 15.1 Å². The zero-order valence-electron chi connectivity index (χ0n) is 11.9. The van der Waals surface area contributed by atoms with Gasteiger partial charge in [0.15, 0.2) is 0 Å². The van der Waals surface area contributed by atoms with E-state index < -0.39 is 6.10 Å². The Hall–Kier alpha value is -1.30. The van der Waals surface area contributed by atoms with Gasteiger partial charge in [0.1, 0.15) is 17.0 Å². The molecule has 0 aliphatic rings. The van der Waals surface area contributed by atoms with Crippen LogP contribution in [0.25, 0.3) is 0 Å². The summed E-state index contributed by atoms with van der Waals surface area (Å²) in [5, 5.41) is 18.3. The molecule has 2 atom stereocenters. The minimum Gasteiger partial charge on any atom is -0.467 e. The van der Waals surface area contributed by atoms with Gasteiger partial charge in [0.2, 0.25) is 0 Å². The summed E-state index contributed by atoms with van der Waals surface area (Å²) >= 11 is 6.18. The third-order valence-corrected chi connectivity index (χ3v) is 3.82. The van der Waals surface area contributed by atoms with Crippen molar-refractivity contribution in [2.45, 2.75) is 39.0 Å². The summed E-state index contributed by atoms with van der Waals surface area (Å²) in [5.41, 5.74) is 1.91. The van der Waals surface area contributed by atoms with E-state index in [2.05, 4.69) is 10.4 Å². The highest BCUT2D eigenvalue weighted by Gasteiger charge is 2.16. The fourth-order valence-corrected chi connectivity index (χ4v) is 2.41. The van der Waals surface area contributed by atoms with Crippen LogP contribution in [0.3, 0.4) is 0 Å². The van der Waals surface area contributed by atoms with Crippen LogP contribution in [0.5, 0.6) is 0 Å². The number of aliphatic hydroxyl groups excluding tert-OH is 1. The first-order valence-electron chi connectivity index (χ1n) is 6.62. The maximum atomic E-state index is 10.0. The number of rotatable bonds is 6. The molecule has 20 heavy (non-hydrogen) atoms. The van der Waals surface area contributed by atoms with Crippen molar-refractivity contribution in [1.29, 1.82) is 0 Å². The second-order valence-electron chi connectivity index (χ2n) is 5.03. The van der Waals surface area contributed by atoms with E-state index in [0.29, 0.717) is 23.9 Å². The number of furan rings is 1. The summed E-state index contributed by atoms with van der Waals surface area (Å²) < 4.78 is 6.85. The smallest absolute Gasteiger partial charge is 0.132 e. The molecule has 0 aliphatic carbocycles. The molecule has 0 aliphatic heterocycles. The Morgan fingerprint density at radius 2 is 2.30 bits per heavy atom. The van der Waals surface area contributed by atoms with E-state index in [1.54, 1.807) is 23.1 Å². The number of nitrogens with one attached hydrogen (secondary N) is 1. The Bertz CT molecular complexity index is 551. The van der Waals surface area contributed by atoms with Gasteiger partial charge < -0.3 is 14.8 Å². The summed E-state index contributed by atoms with van der Waals surface area (Å²) in [6, 6.07) is 3.68.